The zero-order chi connectivity index (χ0) is 28.8. The molecule has 15 heteroatoms. The number of dihydropyridines is 1. The Bertz CT molecular complexity index is 1560. The van der Waals surface area contributed by atoms with E-state index in [0.717, 1.165) is 10.1 Å². The number of nitrogens with zero attached hydrogens (tertiary/aromatic N) is 4. The first-order valence-electron chi connectivity index (χ1n) is 13.6. The summed E-state index contributed by atoms with van der Waals surface area (Å²) in [6, 6.07) is 0. The van der Waals surface area contributed by atoms with Crippen molar-refractivity contribution in [2.75, 3.05) is 30.0 Å². The van der Waals surface area contributed by atoms with Crippen molar-refractivity contribution in [3.8, 4) is 0 Å². The van der Waals surface area contributed by atoms with E-state index in [-0.39, 0.29) is 42.1 Å². The summed E-state index contributed by atoms with van der Waals surface area (Å²) in [7, 11) is 1.52. The molecule has 0 spiro atoms. The molecule has 4 unspecified atom stereocenters. The first-order valence-corrected chi connectivity index (χ1v) is 14.5. The van der Waals surface area contributed by atoms with Gasteiger partial charge < -0.3 is 26.2 Å². The molecule has 1 aromatic rings. The summed E-state index contributed by atoms with van der Waals surface area (Å²) >= 11 is 1.50. The number of nitrogens with one attached hydrogen (secondary N) is 4. The predicted molar refractivity (Wildman–Crippen MR) is 148 cm³/mol. The highest BCUT2D eigenvalue weighted by Gasteiger charge is 2.71. The Morgan fingerprint density at radius 1 is 1.20 bits per heavy atom. The number of hydrogen-bond acceptors (Lipinski definition) is 10. The molecule has 0 aromatic carbocycles. The normalized spacial score (nSPS) is 29.9. The first kappa shape index (κ1) is 26.3. The van der Waals surface area contributed by atoms with Gasteiger partial charge in [0, 0.05) is 49.2 Å². The smallest absolute Gasteiger partial charge is 0.332 e. The maximum absolute atomic E-state index is 13.6. The summed E-state index contributed by atoms with van der Waals surface area (Å²) in [4.78, 5) is 55.0. The highest BCUT2D eigenvalue weighted by atomic mass is 32.2. The monoisotopic (exact) mass is 588 g/mol. The summed E-state index contributed by atoms with van der Waals surface area (Å²) < 4.78 is 29.3. The Morgan fingerprint density at radius 2 is 1.93 bits per heavy atom. The van der Waals surface area contributed by atoms with Gasteiger partial charge in [-0.3, -0.25) is 28.4 Å². The molecule has 0 radical (unpaired) electrons. The standard InChI is InChI=1S/C26H30F2N8O4S/c1-13(37)8-35-22(38)19-20(33(2)24(35)40)30-12-36(19)25(5-6-25)23(39)32-17-11-41-21(31-17)14-3-4-18(29-7-14)34-9-15-16(10-34)26(15,27)28/h3-4,7,11,15-16,18,21,29-31H,5-6,8-10,12H2,1-2H3,(H,32,39). The molecule has 2 aliphatic carbocycles. The van der Waals surface area contributed by atoms with Crippen molar-refractivity contribution in [3.05, 3.63) is 56.0 Å². The average Bonchev–Trinajstić information content (AvgIpc) is 3.48. The average molecular weight is 589 g/mol. The molecule has 4 aliphatic heterocycles. The Hall–Kier alpha value is -3.59. The third-order valence-corrected chi connectivity index (χ3v) is 9.95. The minimum absolute atomic E-state index is 0.118. The zero-order valence-electron chi connectivity index (χ0n) is 22.4. The molecule has 4 atom stereocenters. The second-order valence-corrected chi connectivity index (χ2v) is 12.5. The molecular formula is C26H30F2N8O4S. The summed E-state index contributed by atoms with van der Waals surface area (Å²) in [6.07, 6.45) is 6.76. The second kappa shape index (κ2) is 8.95. The van der Waals surface area contributed by atoms with Crippen molar-refractivity contribution < 1.29 is 18.4 Å². The van der Waals surface area contributed by atoms with Crippen LogP contribution in [0.1, 0.15) is 19.8 Å². The van der Waals surface area contributed by atoms with Gasteiger partial charge in [-0.25, -0.2) is 13.6 Å². The fourth-order valence-corrected chi connectivity index (χ4v) is 7.25. The van der Waals surface area contributed by atoms with Crippen molar-refractivity contribution >= 4 is 35.0 Å². The highest BCUT2D eigenvalue weighted by Crippen LogP contribution is 2.59. The van der Waals surface area contributed by atoms with Crippen LogP contribution >= 0.6 is 11.8 Å². The molecule has 0 bridgehead atoms. The lowest BCUT2D eigenvalue weighted by Gasteiger charge is -2.31. The topological polar surface area (TPSA) is 133 Å². The summed E-state index contributed by atoms with van der Waals surface area (Å²) in [6.45, 7) is 1.93. The van der Waals surface area contributed by atoms with Crippen molar-refractivity contribution in [2.45, 2.75) is 49.3 Å². The minimum Gasteiger partial charge on any atom is -0.372 e. The number of piperidine rings is 1. The minimum atomic E-state index is -2.51. The number of halogens is 2. The number of alkyl halides is 2. The van der Waals surface area contributed by atoms with Gasteiger partial charge in [0.05, 0.1) is 19.4 Å². The number of thioether (sulfide) groups is 1. The van der Waals surface area contributed by atoms with Crippen LogP contribution in [0.25, 0.3) is 0 Å². The number of rotatable bonds is 7. The number of carbonyl (C=O) groups is 2. The third kappa shape index (κ3) is 4.03. The summed E-state index contributed by atoms with van der Waals surface area (Å²) in [5, 5.41) is 14.3. The van der Waals surface area contributed by atoms with E-state index in [1.807, 2.05) is 28.7 Å². The van der Waals surface area contributed by atoms with Crippen LogP contribution < -0.4 is 37.4 Å². The molecule has 12 nitrogen and oxygen atoms in total. The van der Waals surface area contributed by atoms with Crippen LogP contribution in [0.3, 0.4) is 0 Å². The Balaban J connectivity index is 0.998. The quantitative estimate of drug-likeness (QED) is 0.345. The third-order valence-electron chi connectivity index (χ3n) is 8.92. The Kier molecular flexibility index (Phi) is 5.75. The maximum Gasteiger partial charge on any atom is 0.332 e. The van der Waals surface area contributed by atoms with Crippen molar-refractivity contribution in [2.24, 2.45) is 18.9 Å². The molecule has 2 saturated carbocycles. The molecule has 218 valence electrons. The van der Waals surface area contributed by atoms with Crippen molar-refractivity contribution in [1.82, 2.24) is 30.0 Å². The van der Waals surface area contributed by atoms with Gasteiger partial charge in [0.25, 0.3) is 17.4 Å². The van der Waals surface area contributed by atoms with Crippen LogP contribution in [0.2, 0.25) is 0 Å². The second-order valence-electron chi connectivity index (χ2n) is 11.5. The number of amides is 1. The van der Waals surface area contributed by atoms with E-state index in [4.69, 9.17) is 0 Å². The number of fused-ring (bicyclic) bond motifs is 2. The molecule has 1 amide bonds. The van der Waals surface area contributed by atoms with E-state index < -0.39 is 34.5 Å². The van der Waals surface area contributed by atoms with Crippen LogP contribution in [0, 0.1) is 11.8 Å². The zero-order valence-corrected chi connectivity index (χ0v) is 23.3. The highest BCUT2D eigenvalue weighted by molar-refractivity contribution is 8.03. The Morgan fingerprint density at radius 3 is 2.56 bits per heavy atom. The van der Waals surface area contributed by atoms with Gasteiger partial charge in [-0.2, -0.15) is 0 Å². The van der Waals surface area contributed by atoms with Crippen LogP contribution in [0.4, 0.5) is 20.3 Å². The summed E-state index contributed by atoms with van der Waals surface area (Å²) in [5.74, 6) is -3.29. The molecule has 6 aliphatic rings. The van der Waals surface area contributed by atoms with Gasteiger partial charge >= 0.3 is 5.69 Å². The number of aromatic nitrogens is 2. The van der Waals surface area contributed by atoms with Crippen LogP contribution in [-0.4, -0.2) is 68.5 Å². The number of likely N-dealkylation sites (tertiary alicyclic amines) is 1. The maximum atomic E-state index is 13.6. The van der Waals surface area contributed by atoms with Gasteiger partial charge in [0.1, 0.15) is 34.0 Å². The summed E-state index contributed by atoms with van der Waals surface area (Å²) in [5.41, 5.74) is -0.995. The Labute approximate surface area is 237 Å². The molecule has 41 heavy (non-hydrogen) atoms. The molecule has 4 N–H and O–H groups in total. The number of anilines is 2. The predicted octanol–water partition coefficient (Wildman–Crippen LogP) is 0.00190. The van der Waals surface area contributed by atoms with Gasteiger partial charge in [-0.1, -0.05) is 6.08 Å². The fraction of sp³-hybridized carbons (Fsp3) is 0.538. The van der Waals surface area contributed by atoms with Crippen molar-refractivity contribution in [1.29, 1.82) is 0 Å². The largest absolute Gasteiger partial charge is 0.372 e. The van der Waals surface area contributed by atoms with Crippen LogP contribution in [-0.2, 0) is 23.2 Å². The first-order chi connectivity index (χ1) is 19.5. The van der Waals surface area contributed by atoms with E-state index in [1.165, 1.54) is 30.3 Å². The van der Waals surface area contributed by atoms with Gasteiger partial charge in [-0.15, -0.1) is 11.8 Å². The van der Waals surface area contributed by atoms with E-state index in [1.54, 1.807) is 4.90 Å². The van der Waals surface area contributed by atoms with E-state index in [9.17, 15) is 28.0 Å². The fourth-order valence-electron chi connectivity index (χ4n) is 6.35. The van der Waals surface area contributed by atoms with Gasteiger partial charge in [0.15, 0.2) is 0 Å². The number of hydrogen-bond donors (Lipinski definition) is 4. The number of Topliss-reactive ketones (excluding diaryl/α,β-unsaturated/α-hetero) is 1. The molecule has 1 saturated heterocycles. The van der Waals surface area contributed by atoms with E-state index in [2.05, 4.69) is 21.3 Å². The van der Waals surface area contributed by atoms with Gasteiger partial charge in [0.2, 0.25) is 0 Å². The lowest BCUT2D eigenvalue weighted by Crippen LogP contribution is -2.52. The lowest BCUT2D eigenvalue weighted by molar-refractivity contribution is -0.122. The molecule has 1 aromatic heterocycles. The van der Waals surface area contributed by atoms with Crippen molar-refractivity contribution in [3.63, 3.8) is 0 Å². The molecule has 3 fully saturated rings. The van der Waals surface area contributed by atoms with E-state index >= 15 is 0 Å². The number of ketones is 1. The van der Waals surface area contributed by atoms with Gasteiger partial charge in [-0.05, 0) is 25.8 Å². The lowest BCUT2D eigenvalue weighted by atomic mass is 10.1. The molecule has 5 heterocycles. The molecular weight excluding hydrogens is 558 g/mol. The van der Waals surface area contributed by atoms with Crippen LogP contribution in [0.15, 0.2) is 44.7 Å². The number of carbonyl (C=O) groups excluding carboxylic acids is 2. The molecule has 7 rings (SSSR count). The van der Waals surface area contributed by atoms with E-state index in [0.29, 0.717) is 37.6 Å². The van der Waals surface area contributed by atoms with Crippen LogP contribution in [0.5, 0.6) is 0 Å². The SMILES string of the molecule is CC(=O)Cn1c(=O)c2c(n(C)c1=O)NCN2C1(C(=O)NC2=CSC(C3=CNC(N4CC5C(C4)C5(F)F)C=C3)N2)CC1.